The summed E-state index contributed by atoms with van der Waals surface area (Å²) in [5.41, 5.74) is 1.65. The molecule has 0 aliphatic heterocycles. The van der Waals surface area contributed by atoms with Crippen molar-refractivity contribution < 1.29 is 14.7 Å². The molecule has 0 atom stereocenters. The van der Waals surface area contributed by atoms with Gasteiger partial charge in [0.25, 0.3) is 5.91 Å². The molecule has 0 spiro atoms. The minimum atomic E-state index is -1.08. The maximum absolute atomic E-state index is 12.3. The van der Waals surface area contributed by atoms with Crippen LogP contribution in [0.1, 0.15) is 21.5 Å². The number of nitrogens with zero attached hydrogens (tertiary/aromatic N) is 3. The largest absolute Gasteiger partial charge is 0.478 e. The molecule has 0 fully saturated rings. The van der Waals surface area contributed by atoms with E-state index in [-0.39, 0.29) is 13.1 Å². The van der Waals surface area contributed by atoms with Gasteiger partial charge in [0.15, 0.2) is 0 Å². The van der Waals surface area contributed by atoms with Crippen LogP contribution in [0.2, 0.25) is 0 Å². The zero-order valence-corrected chi connectivity index (χ0v) is 11.4. The number of rotatable bonds is 5. The van der Waals surface area contributed by atoms with Crippen LogP contribution in [-0.2, 0) is 4.79 Å². The van der Waals surface area contributed by atoms with E-state index in [2.05, 4.69) is 0 Å². The molecule has 0 aliphatic carbocycles. The number of carboxylic acid groups (broad SMARTS) is 1. The second kappa shape index (κ2) is 7.46. The first-order valence-electron chi connectivity index (χ1n) is 6.03. The number of amides is 1. The van der Waals surface area contributed by atoms with Gasteiger partial charge in [0.1, 0.15) is 13.1 Å². The second-order valence-electron chi connectivity index (χ2n) is 4.28. The molecule has 0 saturated carbocycles. The van der Waals surface area contributed by atoms with Gasteiger partial charge in [-0.2, -0.15) is 10.5 Å². The molecule has 0 saturated heterocycles. The summed E-state index contributed by atoms with van der Waals surface area (Å²) in [6, 6.07) is 8.55. The van der Waals surface area contributed by atoms with E-state index in [1.807, 2.05) is 12.1 Å². The number of carboxylic acids is 1. The number of hydrogen-bond acceptors (Lipinski definition) is 4. The highest BCUT2D eigenvalue weighted by Gasteiger charge is 2.15. The number of hydrogen-bond donors (Lipinski definition) is 1. The molecule has 1 aromatic rings. The Hall–Kier alpha value is -3.12. The van der Waals surface area contributed by atoms with Crippen LogP contribution in [-0.4, -0.2) is 35.0 Å². The Morgan fingerprint density at radius 1 is 1.24 bits per heavy atom. The van der Waals surface area contributed by atoms with Crippen LogP contribution >= 0.6 is 0 Å². The molecule has 0 aliphatic rings. The zero-order chi connectivity index (χ0) is 15.8. The van der Waals surface area contributed by atoms with Gasteiger partial charge in [-0.1, -0.05) is 6.07 Å². The summed E-state index contributed by atoms with van der Waals surface area (Å²) >= 11 is 0. The van der Waals surface area contributed by atoms with E-state index in [9.17, 15) is 9.59 Å². The lowest BCUT2D eigenvalue weighted by Gasteiger charge is -2.16. The molecule has 0 bridgehead atoms. The van der Waals surface area contributed by atoms with Crippen molar-refractivity contribution in [2.75, 3.05) is 13.1 Å². The second-order valence-corrected chi connectivity index (χ2v) is 4.28. The first-order chi connectivity index (χ1) is 9.97. The third-order valence-corrected chi connectivity index (χ3v) is 2.58. The fourth-order valence-corrected chi connectivity index (χ4v) is 1.75. The van der Waals surface area contributed by atoms with Gasteiger partial charge in [-0.05, 0) is 36.3 Å². The van der Waals surface area contributed by atoms with Gasteiger partial charge in [0, 0.05) is 11.6 Å². The molecule has 1 aromatic carbocycles. The molecule has 106 valence electrons. The Bertz CT molecular complexity index is 650. The molecule has 1 amide bonds. The highest BCUT2D eigenvalue weighted by Crippen LogP contribution is 2.13. The summed E-state index contributed by atoms with van der Waals surface area (Å²) in [4.78, 5) is 23.9. The standard InChI is InChI=1S/C15H13N3O3/c1-11-8-12(2-3-14(19)20)10-13(9-11)15(21)18(6-4-16)7-5-17/h2-3,8-10H,6-7H2,1H3,(H,19,20)/b3-2+. The molecule has 6 nitrogen and oxygen atoms in total. The Morgan fingerprint density at radius 3 is 2.38 bits per heavy atom. The molecular weight excluding hydrogens is 270 g/mol. The fraction of sp³-hybridized carbons (Fsp3) is 0.200. The fourth-order valence-electron chi connectivity index (χ4n) is 1.75. The van der Waals surface area contributed by atoms with Crippen LogP contribution in [0.25, 0.3) is 6.08 Å². The first kappa shape index (κ1) is 15.9. The van der Waals surface area contributed by atoms with E-state index < -0.39 is 11.9 Å². The van der Waals surface area contributed by atoms with Gasteiger partial charge in [0.05, 0.1) is 12.1 Å². The van der Waals surface area contributed by atoms with Crippen molar-refractivity contribution in [1.29, 1.82) is 10.5 Å². The molecule has 6 heteroatoms. The van der Waals surface area contributed by atoms with Gasteiger partial charge in [-0.25, -0.2) is 4.79 Å². The lowest BCUT2D eigenvalue weighted by Crippen LogP contribution is -2.31. The van der Waals surface area contributed by atoms with Gasteiger partial charge in [-0.15, -0.1) is 0 Å². The van der Waals surface area contributed by atoms with Gasteiger partial charge in [-0.3, -0.25) is 4.79 Å². The van der Waals surface area contributed by atoms with Gasteiger partial charge < -0.3 is 10.0 Å². The maximum atomic E-state index is 12.3. The lowest BCUT2D eigenvalue weighted by molar-refractivity contribution is -0.131. The van der Waals surface area contributed by atoms with Crippen molar-refractivity contribution in [2.45, 2.75) is 6.92 Å². The molecule has 0 aromatic heterocycles. The molecular formula is C15H13N3O3. The van der Waals surface area contributed by atoms with Crippen LogP contribution in [0.3, 0.4) is 0 Å². The van der Waals surface area contributed by atoms with Crippen LogP contribution < -0.4 is 0 Å². The highest BCUT2D eigenvalue weighted by atomic mass is 16.4. The Labute approximate surface area is 122 Å². The zero-order valence-electron chi connectivity index (χ0n) is 11.4. The highest BCUT2D eigenvalue weighted by molar-refractivity contribution is 5.95. The molecule has 21 heavy (non-hydrogen) atoms. The van der Waals surface area contributed by atoms with Crippen molar-refractivity contribution in [3.05, 3.63) is 41.0 Å². The predicted octanol–water partition coefficient (Wildman–Crippen LogP) is 1.58. The lowest BCUT2D eigenvalue weighted by atomic mass is 10.0. The molecule has 1 N–H and O–H groups in total. The summed E-state index contributed by atoms with van der Waals surface area (Å²) in [7, 11) is 0. The Balaban J connectivity index is 3.12. The minimum absolute atomic E-state index is 0.180. The monoisotopic (exact) mass is 283 g/mol. The van der Waals surface area contributed by atoms with E-state index in [1.54, 1.807) is 19.1 Å². The number of benzene rings is 1. The van der Waals surface area contributed by atoms with Crippen LogP contribution in [0, 0.1) is 29.6 Å². The summed E-state index contributed by atoms with van der Waals surface area (Å²) in [6.45, 7) is 1.41. The average Bonchev–Trinajstić information content (AvgIpc) is 2.43. The average molecular weight is 283 g/mol. The molecule has 1 rings (SSSR count). The van der Waals surface area contributed by atoms with E-state index >= 15 is 0 Å². The first-order valence-corrected chi connectivity index (χ1v) is 6.03. The SMILES string of the molecule is Cc1cc(/C=C/C(=O)O)cc(C(=O)N(CC#N)CC#N)c1. The molecule has 0 radical (unpaired) electrons. The summed E-state index contributed by atoms with van der Waals surface area (Å²) in [6.07, 6.45) is 2.36. The van der Waals surface area contributed by atoms with Crippen molar-refractivity contribution in [3.63, 3.8) is 0 Å². The number of aryl methyl sites for hydroxylation is 1. The van der Waals surface area contributed by atoms with E-state index in [1.165, 1.54) is 12.1 Å². The van der Waals surface area contributed by atoms with Crippen LogP contribution in [0.4, 0.5) is 0 Å². The van der Waals surface area contributed by atoms with E-state index in [0.29, 0.717) is 11.1 Å². The van der Waals surface area contributed by atoms with Crippen LogP contribution in [0.15, 0.2) is 24.3 Å². The molecule has 0 heterocycles. The smallest absolute Gasteiger partial charge is 0.328 e. The number of carbonyl (C=O) groups is 2. The topological polar surface area (TPSA) is 105 Å². The summed E-state index contributed by atoms with van der Waals surface area (Å²) < 4.78 is 0. The van der Waals surface area contributed by atoms with Crippen molar-refractivity contribution in [2.24, 2.45) is 0 Å². The number of carbonyl (C=O) groups excluding carboxylic acids is 1. The summed E-state index contributed by atoms with van der Waals surface area (Å²) in [5, 5.41) is 26.0. The van der Waals surface area contributed by atoms with Gasteiger partial charge >= 0.3 is 5.97 Å². The molecule has 0 unspecified atom stereocenters. The number of aliphatic carboxylic acids is 1. The maximum Gasteiger partial charge on any atom is 0.328 e. The van der Waals surface area contributed by atoms with E-state index in [0.717, 1.165) is 16.5 Å². The quantitative estimate of drug-likeness (QED) is 0.652. The van der Waals surface area contributed by atoms with E-state index in [4.69, 9.17) is 15.6 Å². The normalized spacial score (nSPS) is 9.86. The Kier molecular flexibility index (Phi) is 5.66. The van der Waals surface area contributed by atoms with Crippen molar-refractivity contribution in [3.8, 4) is 12.1 Å². The van der Waals surface area contributed by atoms with Gasteiger partial charge in [0.2, 0.25) is 0 Å². The third-order valence-electron chi connectivity index (χ3n) is 2.58. The Morgan fingerprint density at radius 2 is 1.86 bits per heavy atom. The minimum Gasteiger partial charge on any atom is -0.478 e. The van der Waals surface area contributed by atoms with Crippen molar-refractivity contribution in [1.82, 2.24) is 4.90 Å². The van der Waals surface area contributed by atoms with Crippen LogP contribution in [0.5, 0.6) is 0 Å². The van der Waals surface area contributed by atoms with Crippen molar-refractivity contribution >= 4 is 18.0 Å². The third kappa shape index (κ3) is 4.81. The predicted molar refractivity (Wildman–Crippen MR) is 75.0 cm³/mol. The summed E-state index contributed by atoms with van der Waals surface area (Å²) in [5.74, 6) is -1.52. The number of nitriles is 2.